The molecule has 0 aliphatic carbocycles. The molecular formula is C26H17N. The fraction of sp³-hybridized carbons (Fsp3) is 0. The Morgan fingerprint density at radius 2 is 1.19 bits per heavy atom. The van der Waals surface area contributed by atoms with E-state index in [0.717, 1.165) is 0 Å². The van der Waals surface area contributed by atoms with E-state index in [0.29, 0.717) is 0 Å². The minimum absolute atomic E-state index is 1.23. The second-order valence-electron chi connectivity index (χ2n) is 7.15. The molecule has 0 unspecified atom stereocenters. The van der Waals surface area contributed by atoms with Gasteiger partial charge in [0.25, 0.3) is 0 Å². The topological polar surface area (TPSA) is 15.8 Å². The molecule has 6 aromatic rings. The average Bonchev–Trinajstić information content (AvgIpc) is 3.25. The summed E-state index contributed by atoms with van der Waals surface area (Å²) in [4.78, 5) is 3.22. The van der Waals surface area contributed by atoms with Crippen molar-refractivity contribution in [3.63, 3.8) is 0 Å². The van der Waals surface area contributed by atoms with E-state index >= 15 is 0 Å². The first-order valence-electron chi connectivity index (χ1n) is 9.29. The molecule has 1 N–H and O–H groups in total. The second-order valence-corrected chi connectivity index (χ2v) is 7.15. The monoisotopic (exact) mass is 343 g/mol. The van der Waals surface area contributed by atoms with Gasteiger partial charge in [-0.15, -0.1) is 0 Å². The Kier molecular flexibility index (Phi) is 2.95. The van der Waals surface area contributed by atoms with E-state index in [2.05, 4.69) is 96.1 Å². The third-order valence-electron chi connectivity index (χ3n) is 5.61. The Morgan fingerprint density at radius 3 is 2.00 bits per heavy atom. The number of fused-ring (bicyclic) bond motifs is 5. The summed E-state index contributed by atoms with van der Waals surface area (Å²) in [5.74, 6) is 0. The smallest absolute Gasteiger partial charge is 0.00846 e. The lowest BCUT2D eigenvalue weighted by Crippen LogP contribution is -1.86. The number of benzene rings is 5. The molecule has 0 bridgehead atoms. The molecule has 1 heteroatoms. The summed E-state index contributed by atoms with van der Waals surface area (Å²) < 4.78 is 0. The second kappa shape index (κ2) is 5.46. The average molecular weight is 343 g/mol. The highest BCUT2D eigenvalue weighted by Crippen LogP contribution is 2.39. The van der Waals surface area contributed by atoms with Gasteiger partial charge in [0.1, 0.15) is 0 Å². The number of nitrogens with one attached hydrogen (secondary N) is 1. The van der Waals surface area contributed by atoms with Gasteiger partial charge in [-0.05, 0) is 72.9 Å². The largest absolute Gasteiger partial charge is 0.367 e. The maximum atomic E-state index is 3.22. The Morgan fingerprint density at radius 1 is 0.481 bits per heavy atom. The van der Waals surface area contributed by atoms with Crippen LogP contribution in [0, 0.1) is 0 Å². The zero-order valence-electron chi connectivity index (χ0n) is 14.7. The van der Waals surface area contributed by atoms with Crippen LogP contribution in [0.4, 0.5) is 0 Å². The van der Waals surface area contributed by atoms with Crippen LogP contribution < -0.4 is 0 Å². The van der Waals surface area contributed by atoms with Crippen LogP contribution in [0.15, 0.2) is 97.3 Å². The number of hydrogen-bond donors (Lipinski definition) is 1. The molecule has 1 nitrogen and oxygen atoms in total. The zero-order chi connectivity index (χ0) is 17.8. The van der Waals surface area contributed by atoms with Gasteiger partial charge in [0, 0.05) is 18.0 Å². The van der Waals surface area contributed by atoms with Crippen molar-refractivity contribution in [3.8, 4) is 11.1 Å². The fourth-order valence-corrected chi connectivity index (χ4v) is 4.35. The van der Waals surface area contributed by atoms with Gasteiger partial charge in [-0.1, -0.05) is 60.7 Å². The molecule has 0 amide bonds. The fourth-order valence-electron chi connectivity index (χ4n) is 4.35. The molecule has 0 aliphatic rings. The zero-order valence-corrected chi connectivity index (χ0v) is 14.7. The molecule has 6 rings (SSSR count). The standard InChI is InChI=1S/C26H17N/c1-2-6-18-14-24-20(13-17(18)5-1)9-10-23-25(24)15-19-7-3-4-8-22(19)26(23)21-11-12-27-16-21/h1-16,27H. The molecule has 0 spiro atoms. The van der Waals surface area contributed by atoms with E-state index in [1.54, 1.807) is 0 Å². The first kappa shape index (κ1) is 14.6. The number of hydrogen-bond acceptors (Lipinski definition) is 0. The number of aromatic amines is 1. The van der Waals surface area contributed by atoms with Crippen LogP contribution in [0.1, 0.15) is 0 Å². The summed E-state index contributed by atoms with van der Waals surface area (Å²) in [5, 5.41) is 10.4. The SMILES string of the molecule is c1ccc2cc3c(ccc4c(-c5cc[nH]c5)c5ccccc5cc43)cc2c1. The van der Waals surface area contributed by atoms with Crippen LogP contribution in [-0.4, -0.2) is 4.98 Å². The van der Waals surface area contributed by atoms with Crippen LogP contribution in [0.3, 0.4) is 0 Å². The molecular weight excluding hydrogens is 326 g/mol. The van der Waals surface area contributed by atoms with Crippen molar-refractivity contribution in [2.45, 2.75) is 0 Å². The number of aromatic nitrogens is 1. The van der Waals surface area contributed by atoms with Crippen molar-refractivity contribution in [3.05, 3.63) is 97.3 Å². The lowest BCUT2D eigenvalue weighted by Gasteiger charge is -2.13. The van der Waals surface area contributed by atoms with Gasteiger partial charge >= 0.3 is 0 Å². The van der Waals surface area contributed by atoms with Crippen LogP contribution in [0.5, 0.6) is 0 Å². The molecule has 0 fully saturated rings. The van der Waals surface area contributed by atoms with Gasteiger partial charge in [-0.25, -0.2) is 0 Å². The minimum atomic E-state index is 1.23. The maximum Gasteiger partial charge on any atom is 0.00846 e. The van der Waals surface area contributed by atoms with Crippen molar-refractivity contribution in [2.75, 3.05) is 0 Å². The lowest BCUT2D eigenvalue weighted by atomic mass is 9.90. The summed E-state index contributed by atoms with van der Waals surface area (Å²) in [7, 11) is 0. The van der Waals surface area contributed by atoms with Crippen LogP contribution in [0.25, 0.3) is 54.2 Å². The third kappa shape index (κ3) is 2.12. The van der Waals surface area contributed by atoms with E-state index < -0.39 is 0 Å². The summed E-state index contributed by atoms with van der Waals surface area (Å²) in [5.41, 5.74) is 2.54. The molecule has 1 aromatic heterocycles. The highest BCUT2D eigenvalue weighted by atomic mass is 14.6. The molecule has 0 saturated carbocycles. The summed E-state index contributed by atoms with van der Waals surface area (Å²) >= 11 is 0. The van der Waals surface area contributed by atoms with Gasteiger partial charge in [0.2, 0.25) is 0 Å². The van der Waals surface area contributed by atoms with Crippen molar-refractivity contribution in [1.82, 2.24) is 4.98 Å². The van der Waals surface area contributed by atoms with E-state index in [1.807, 2.05) is 6.20 Å². The minimum Gasteiger partial charge on any atom is -0.367 e. The molecule has 0 radical (unpaired) electrons. The summed E-state index contributed by atoms with van der Waals surface area (Å²) in [6.45, 7) is 0. The molecule has 0 saturated heterocycles. The number of rotatable bonds is 1. The highest BCUT2D eigenvalue weighted by molar-refractivity contribution is 6.21. The molecule has 0 atom stereocenters. The first-order valence-corrected chi connectivity index (χ1v) is 9.29. The quantitative estimate of drug-likeness (QED) is 0.238. The Bertz CT molecular complexity index is 1460. The van der Waals surface area contributed by atoms with Gasteiger partial charge in [0.15, 0.2) is 0 Å². The van der Waals surface area contributed by atoms with Crippen molar-refractivity contribution in [1.29, 1.82) is 0 Å². The van der Waals surface area contributed by atoms with Crippen LogP contribution >= 0.6 is 0 Å². The van der Waals surface area contributed by atoms with E-state index in [1.165, 1.54) is 54.2 Å². The Balaban J connectivity index is 1.86. The predicted molar refractivity (Wildman–Crippen MR) is 116 cm³/mol. The summed E-state index contributed by atoms with van der Waals surface area (Å²) in [6.07, 6.45) is 4.09. The Hall–Kier alpha value is -3.58. The normalized spacial score (nSPS) is 11.7. The van der Waals surface area contributed by atoms with Gasteiger partial charge in [0.05, 0.1) is 0 Å². The highest BCUT2D eigenvalue weighted by Gasteiger charge is 2.12. The van der Waals surface area contributed by atoms with Gasteiger partial charge in [-0.3, -0.25) is 0 Å². The molecule has 27 heavy (non-hydrogen) atoms. The molecule has 5 aromatic carbocycles. The van der Waals surface area contributed by atoms with Crippen molar-refractivity contribution in [2.24, 2.45) is 0 Å². The van der Waals surface area contributed by atoms with Crippen LogP contribution in [0.2, 0.25) is 0 Å². The maximum absolute atomic E-state index is 3.22. The molecule has 126 valence electrons. The van der Waals surface area contributed by atoms with E-state index in [-0.39, 0.29) is 0 Å². The number of H-pyrrole nitrogens is 1. The summed E-state index contributed by atoms with van der Waals surface area (Å²) in [6, 6.07) is 31.0. The first-order chi connectivity index (χ1) is 13.4. The Labute approximate surface area is 156 Å². The van der Waals surface area contributed by atoms with E-state index in [9.17, 15) is 0 Å². The lowest BCUT2D eigenvalue weighted by molar-refractivity contribution is 1.42. The predicted octanol–water partition coefficient (Wildman–Crippen LogP) is 7.29. The van der Waals surface area contributed by atoms with E-state index in [4.69, 9.17) is 0 Å². The third-order valence-corrected chi connectivity index (χ3v) is 5.61. The molecule has 1 heterocycles. The van der Waals surface area contributed by atoms with Gasteiger partial charge < -0.3 is 4.98 Å². The van der Waals surface area contributed by atoms with Gasteiger partial charge in [-0.2, -0.15) is 0 Å². The van der Waals surface area contributed by atoms with Crippen LogP contribution in [-0.2, 0) is 0 Å². The van der Waals surface area contributed by atoms with Crippen molar-refractivity contribution < 1.29 is 0 Å². The molecule has 0 aliphatic heterocycles. The van der Waals surface area contributed by atoms with Crippen molar-refractivity contribution >= 4 is 43.1 Å².